The van der Waals surface area contributed by atoms with Gasteiger partial charge in [0.05, 0.1) is 18.6 Å². The van der Waals surface area contributed by atoms with Gasteiger partial charge < -0.3 is 19.5 Å². The molecule has 0 radical (unpaired) electrons. The van der Waals surface area contributed by atoms with Crippen LogP contribution in [0.3, 0.4) is 0 Å². The number of hydrogen-bond donors (Lipinski definition) is 1. The number of ether oxygens (including phenoxy) is 1. The van der Waals surface area contributed by atoms with Crippen molar-refractivity contribution >= 4 is 6.03 Å². The Morgan fingerprint density at radius 2 is 2.00 bits per heavy atom. The molecule has 1 aromatic heterocycles. The van der Waals surface area contributed by atoms with E-state index in [1.165, 1.54) is 19.3 Å². The number of nitrogens with zero attached hydrogens (tertiary/aromatic N) is 3. The summed E-state index contributed by atoms with van der Waals surface area (Å²) in [6.07, 6.45) is 5.89. The van der Waals surface area contributed by atoms with E-state index in [-0.39, 0.29) is 11.9 Å². The summed E-state index contributed by atoms with van der Waals surface area (Å²) in [5.41, 5.74) is 0.802. The SMILES string of the molecule is COc1ccccc1-c1noc(C2CN(C(=O)NC3CCCCC3)C2)n1. The zero-order valence-electron chi connectivity index (χ0n) is 15.0. The van der Waals surface area contributed by atoms with Gasteiger partial charge >= 0.3 is 6.03 Å². The standard InChI is InChI=1S/C19H24N4O3/c1-25-16-10-6-5-9-15(16)17-21-18(26-22-17)13-11-23(12-13)19(24)20-14-7-3-2-4-8-14/h5-6,9-10,13-14H,2-4,7-8,11-12H2,1H3,(H,20,24). The number of likely N-dealkylation sites (tertiary alicyclic amines) is 1. The van der Waals surface area contributed by atoms with Crippen LogP contribution in [0.1, 0.15) is 43.9 Å². The van der Waals surface area contributed by atoms with Gasteiger partial charge in [0.25, 0.3) is 0 Å². The smallest absolute Gasteiger partial charge is 0.317 e. The number of amides is 2. The summed E-state index contributed by atoms with van der Waals surface area (Å²) in [7, 11) is 1.62. The zero-order chi connectivity index (χ0) is 17.9. The Hall–Kier alpha value is -2.57. The first kappa shape index (κ1) is 16.9. The van der Waals surface area contributed by atoms with Gasteiger partial charge in [0, 0.05) is 19.1 Å². The Morgan fingerprint density at radius 1 is 1.23 bits per heavy atom. The van der Waals surface area contributed by atoms with Crippen LogP contribution in [-0.4, -0.2) is 47.3 Å². The van der Waals surface area contributed by atoms with E-state index in [9.17, 15) is 4.79 Å². The first-order valence-corrected chi connectivity index (χ1v) is 9.27. The Labute approximate surface area is 152 Å². The van der Waals surface area contributed by atoms with Crippen LogP contribution in [0.5, 0.6) is 5.75 Å². The Kier molecular flexibility index (Phi) is 4.77. The van der Waals surface area contributed by atoms with Crippen molar-refractivity contribution in [2.75, 3.05) is 20.2 Å². The van der Waals surface area contributed by atoms with Crippen molar-refractivity contribution in [3.63, 3.8) is 0 Å². The molecule has 1 aliphatic heterocycles. The van der Waals surface area contributed by atoms with Crippen molar-refractivity contribution < 1.29 is 14.1 Å². The van der Waals surface area contributed by atoms with E-state index in [4.69, 9.17) is 9.26 Å². The predicted octanol–water partition coefficient (Wildman–Crippen LogP) is 3.19. The molecule has 1 saturated carbocycles. The second-order valence-electron chi connectivity index (χ2n) is 7.04. The van der Waals surface area contributed by atoms with Gasteiger partial charge in [0.15, 0.2) is 0 Å². The Bertz CT molecular complexity index is 764. The Balaban J connectivity index is 1.34. The summed E-state index contributed by atoms with van der Waals surface area (Å²) in [6.45, 7) is 1.23. The zero-order valence-corrected chi connectivity index (χ0v) is 15.0. The van der Waals surface area contributed by atoms with E-state index >= 15 is 0 Å². The number of aromatic nitrogens is 2. The third kappa shape index (κ3) is 3.38. The number of urea groups is 1. The second-order valence-corrected chi connectivity index (χ2v) is 7.04. The topological polar surface area (TPSA) is 80.5 Å². The van der Waals surface area contributed by atoms with Crippen molar-refractivity contribution in [3.05, 3.63) is 30.2 Å². The van der Waals surface area contributed by atoms with Gasteiger partial charge in [-0.3, -0.25) is 0 Å². The van der Waals surface area contributed by atoms with E-state index in [0.29, 0.717) is 36.6 Å². The minimum Gasteiger partial charge on any atom is -0.496 e. The molecular formula is C19H24N4O3. The average Bonchev–Trinajstić information content (AvgIpc) is 3.10. The Morgan fingerprint density at radius 3 is 2.77 bits per heavy atom. The number of carbonyl (C=O) groups is 1. The van der Waals surface area contributed by atoms with Crippen LogP contribution in [-0.2, 0) is 0 Å². The largest absolute Gasteiger partial charge is 0.496 e. The first-order valence-electron chi connectivity index (χ1n) is 9.27. The molecule has 0 unspecified atom stereocenters. The number of carbonyl (C=O) groups excluding carboxylic acids is 1. The van der Waals surface area contributed by atoms with Crippen molar-refractivity contribution in [1.82, 2.24) is 20.4 Å². The molecule has 2 aliphatic rings. The molecule has 0 atom stereocenters. The number of nitrogens with one attached hydrogen (secondary N) is 1. The molecule has 7 nitrogen and oxygen atoms in total. The number of benzene rings is 1. The van der Waals surface area contributed by atoms with Crippen LogP contribution in [0.15, 0.2) is 28.8 Å². The van der Waals surface area contributed by atoms with Crippen LogP contribution in [0, 0.1) is 0 Å². The van der Waals surface area contributed by atoms with Gasteiger partial charge in [-0.05, 0) is 25.0 Å². The maximum Gasteiger partial charge on any atom is 0.317 e. The van der Waals surface area contributed by atoms with Crippen LogP contribution in [0.2, 0.25) is 0 Å². The normalized spacial score (nSPS) is 18.4. The summed E-state index contributed by atoms with van der Waals surface area (Å²) in [5.74, 6) is 1.90. The molecule has 2 aromatic rings. The summed E-state index contributed by atoms with van der Waals surface area (Å²) >= 11 is 0. The lowest BCUT2D eigenvalue weighted by atomic mass is 9.95. The van der Waals surface area contributed by atoms with E-state index < -0.39 is 0 Å². The van der Waals surface area contributed by atoms with Crippen LogP contribution < -0.4 is 10.1 Å². The average molecular weight is 356 g/mol. The minimum absolute atomic E-state index is 0.0256. The molecule has 138 valence electrons. The van der Waals surface area contributed by atoms with Gasteiger partial charge in [-0.25, -0.2) is 4.79 Å². The molecule has 26 heavy (non-hydrogen) atoms. The second kappa shape index (κ2) is 7.35. The van der Waals surface area contributed by atoms with E-state index in [2.05, 4.69) is 15.5 Å². The lowest BCUT2D eigenvalue weighted by molar-refractivity contribution is 0.132. The fourth-order valence-corrected chi connectivity index (χ4v) is 3.65. The summed E-state index contributed by atoms with van der Waals surface area (Å²) in [4.78, 5) is 18.6. The summed E-state index contributed by atoms with van der Waals surface area (Å²) in [6, 6.07) is 7.94. The molecule has 1 saturated heterocycles. The monoisotopic (exact) mass is 356 g/mol. The lowest BCUT2D eigenvalue weighted by Gasteiger charge is -2.38. The highest BCUT2D eigenvalue weighted by Gasteiger charge is 2.36. The molecule has 2 amide bonds. The van der Waals surface area contributed by atoms with Crippen molar-refractivity contribution in [2.45, 2.75) is 44.1 Å². The van der Waals surface area contributed by atoms with Gasteiger partial charge in [0.1, 0.15) is 5.75 Å². The molecule has 1 aromatic carbocycles. The molecule has 1 N–H and O–H groups in total. The van der Waals surface area contributed by atoms with Gasteiger partial charge in [-0.1, -0.05) is 36.6 Å². The first-order chi connectivity index (χ1) is 12.7. The van der Waals surface area contributed by atoms with E-state index in [1.807, 2.05) is 29.2 Å². The summed E-state index contributed by atoms with van der Waals surface area (Å²) in [5, 5.41) is 7.22. The summed E-state index contributed by atoms with van der Waals surface area (Å²) < 4.78 is 10.8. The molecule has 2 fully saturated rings. The molecule has 0 bridgehead atoms. The molecule has 2 heterocycles. The van der Waals surface area contributed by atoms with Crippen molar-refractivity contribution in [2.24, 2.45) is 0 Å². The van der Waals surface area contributed by atoms with Gasteiger partial charge in [-0.15, -0.1) is 0 Å². The third-order valence-corrected chi connectivity index (χ3v) is 5.24. The molecule has 1 aliphatic carbocycles. The molecule has 4 rings (SSSR count). The molecule has 7 heteroatoms. The molecule has 0 spiro atoms. The highest BCUT2D eigenvalue weighted by atomic mass is 16.5. The van der Waals surface area contributed by atoms with Crippen molar-refractivity contribution in [1.29, 1.82) is 0 Å². The maximum atomic E-state index is 12.3. The predicted molar refractivity (Wildman–Crippen MR) is 96.0 cm³/mol. The number of para-hydroxylation sites is 1. The van der Waals surface area contributed by atoms with Gasteiger partial charge in [0.2, 0.25) is 11.7 Å². The third-order valence-electron chi connectivity index (χ3n) is 5.24. The molecular weight excluding hydrogens is 332 g/mol. The highest BCUT2D eigenvalue weighted by molar-refractivity contribution is 5.75. The van der Waals surface area contributed by atoms with Crippen LogP contribution >= 0.6 is 0 Å². The fourth-order valence-electron chi connectivity index (χ4n) is 3.65. The minimum atomic E-state index is 0.0256. The number of methoxy groups -OCH3 is 1. The van der Waals surface area contributed by atoms with Crippen LogP contribution in [0.4, 0.5) is 4.79 Å². The van der Waals surface area contributed by atoms with Crippen LogP contribution in [0.25, 0.3) is 11.4 Å². The van der Waals surface area contributed by atoms with Crippen molar-refractivity contribution in [3.8, 4) is 17.1 Å². The highest BCUT2D eigenvalue weighted by Crippen LogP contribution is 2.31. The quantitative estimate of drug-likeness (QED) is 0.910. The van der Waals surface area contributed by atoms with E-state index in [1.54, 1.807) is 7.11 Å². The van der Waals surface area contributed by atoms with Gasteiger partial charge in [-0.2, -0.15) is 4.98 Å². The number of rotatable bonds is 4. The maximum absolute atomic E-state index is 12.3. The number of hydrogen-bond acceptors (Lipinski definition) is 5. The fraction of sp³-hybridized carbons (Fsp3) is 0.526. The van der Waals surface area contributed by atoms with E-state index in [0.717, 1.165) is 18.4 Å². The lowest BCUT2D eigenvalue weighted by Crippen LogP contribution is -2.54.